The van der Waals surface area contributed by atoms with Crippen molar-refractivity contribution < 1.29 is 0 Å². The zero-order valence-corrected chi connectivity index (χ0v) is 13.9. The molecule has 1 aromatic heterocycles. The van der Waals surface area contributed by atoms with Gasteiger partial charge >= 0.3 is 0 Å². The summed E-state index contributed by atoms with van der Waals surface area (Å²) in [7, 11) is 0. The van der Waals surface area contributed by atoms with Crippen LogP contribution in [-0.4, -0.2) is 49.2 Å². The monoisotopic (exact) mass is 340 g/mol. The Balaban J connectivity index is 1.90. The number of unbranched alkanes of at least 4 members (excludes halogenated alkanes) is 1. The van der Waals surface area contributed by atoms with E-state index in [2.05, 4.69) is 43.7 Å². The van der Waals surface area contributed by atoms with E-state index in [1.54, 1.807) is 0 Å². The van der Waals surface area contributed by atoms with Gasteiger partial charge in [-0.1, -0.05) is 0 Å². The summed E-state index contributed by atoms with van der Waals surface area (Å²) in [6, 6.07) is 2.17. The first-order chi connectivity index (χ1) is 9.70. The predicted molar refractivity (Wildman–Crippen MR) is 88.2 cm³/mol. The third-order valence-electron chi connectivity index (χ3n) is 3.87. The van der Waals surface area contributed by atoms with Gasteiger partial charge in [0.2, 0.25) is 0 Å². The van der Waals surface area contributed by atoms with Gasteiger partial charge in [0.05, 0.1) is 0 Å². The largest absolute Gasteiger partial charge is 0.355 e. The van der Waals surface area contributed by atoms with Crippen LogP contribution < -0.4 is 10.6 Å². The Morgan fingerprint density at radius 3 is 2.85 bits per heavy atom. The third kappa shape index (κ3) is 4.43. The summed E-state index contributed by atoms with van der Waals surface area (Å²) in [5.74, 6) is 1.11. The smallest absolute Gasteiger partial charge is 0.128 e. The van der Waals surface area contributed by atoms with Gasteiger partial charge < -0.3 is 15.5 Å². The van der Waals surface area contributed by atoms with Gasteiger partial charge in [0.15, 0.2) is 0 Å². The summed E-state index contributed by atoms with van der Waals surface area (Å²) in [5.41, 5.74) is 6.81. The van der Waals surface area contributed by atoms with Crippen LogP contribution in [-0.2, 0) is 0 Å². The Morgan fingerprint density at radius 1 is 1.25 bits per heavy atom. The molecule has 0 aromatic carbocycles. The molecule has 1 aromatic rings. The fraction of sp³-hybridized carbons (Fsp3) is 0.667. The molecule has 0 radical (unpaired) electrons. The van der Waals surface area contributed by atoms with E-state index in [9.17, 15) is 0 Å². The number of halogens is 1. The zero-order chi connectivity index (χ0) is 14.4. The first kappa shape index (κ1) is 15.7. The van der Waals surface area contributed by atoms with Gasteiger partial charge in [-0.3, -0.25) is 0 Å². The van der Waals surface area contributed by atoms with E-state index in [4.69, 9.17) is 5.73 Å². The van der Waals surface area contributed by atoms with E-state index in [1.165, 1.54) is 31.5 Å². The van der Waals surface area contributed by atoms with Crippen molar-refractivity contribution in [1.82, 2.24) is 9.88 Å². The fourth-order valence-corrected chi connectivity index (χ4v) is 2.82. The van der Waals surface area contributed by atoms with Crippen molar-refractivity contribution in [2.24, 2.45) is 5.73 Å². The lowest BCUT2D eigenvalue weighted by atomic mass is 10.3. The van der Waals surface area contributed by atoms with E-state index in [0.29, 0.717) is 0 Å². The Morgan fingerprint density at radius 2 is 2.10 bits per heavy atom. The lowest BCUT2D eigenvalue weighted by Gasteiger charge is -2.23. The van der Waals surface area contributed by atoms with Crippen molar-refractivity contribution in [2.45, 2.75) is 26.2 Å². The summed E-state index contributed by atoms with van der Waals surface area (Å²) >= 11 is 3.51. The molecule has 1 fully saturated rings. The summed E-state index contributed by atoms with van der Waals surface area (Å²) < 4.78 is 1.08. The fourth-order valence-electron chi connectivity index (χ4n) is 2.60. The molecule has 112 valence electrons. The maximum atomic E-state index is 5.56. The average molecular weight is 341 g/mol. The first-order valence-corrected chi connectivity index (χ1v) is 8.29. The maximum absolute atomic E-state index is 5.56. The molecule has 0 spiro atoms. The van der Waals surface area contributed by atoms with Crippen LogP contribution in [0.15, 0.2) is 16.7 Å². The lowest BCUT2D eigenvalue weighted by Crippen LogP contribution is -2.32. The number of hydrogen-bond acceptors (Lipinski definition) is 4. The van der Waals surface area contributed by atoms with Gasteiger partial charge in [0.25, 0.3) is 0 Å². The highest BCUT2D eigenvalue weighted by Gasteiger charge is 2.16. The molecule has 0 amide bonds. The number of anilines is 1. The van der Waals surface area contributed by atoms with Crippen LogP contribution in [0.25, 0.3) is 0 Å². The number of nitrogens with zero attached hydrogens (tertiary/aromatic N) is 3. The van der Waals surface area contributed by atoms with E-state index in [-0.39, 0.29) is 0 Å². The molecule has 2 rings (SSSR count). The minimum atomic E-state index is 0.808. The number of aromatic nitrogens is 1. The van der Waals surface area contributed by atoms with Gasteiger partial charge in [-0.25, -0.2) is 4.98 Å². The highest BCUT2D eigenvalue weighted by molar-refractivity contribution is 9.10. The van der Waals surface area contributed by atoms with Crippen LogP contribution in [0, 0.1) is 6.92 Å². The van der Waals surface area contributed by atoms with Gasteiger partial charge in [0, 0.05) is 30.3 Å². The van der Waals surface area contributed by atoms with Crippen LogP contribution in [0.5, 0.6) is 0 Å². The van der Waals surface area contributed by atoms with Gasteiger partial charge in [-0.05, 0) is 73.4 Å². The molecule has 0 bridgehead atoms. The topological polar surface area (TPSA) is 45.4 Å². The molecular formula is C15H25BrN4. The molecular weight excluding hydrogens is 316 g/mol. The molecule has 2 heterocycles. The number of nitrogens with two attached hydrogens (primary N) is 1. The van der Waals surface area contributed by atoms with E-state index >= 15 is 0 Å². The number of rotatable bonds is 5. The summed E-state index contributed by atoms with van der Waals surface area (Å²) in [6.07, 6.45) is 5.47. The molecule has 1 saturated heterocycles. The highest BCUT2D eigenvalue weighted by Crippen LogP contribution is 2.21. The molecule has 4 nitrogen and oxygen atoms in total. The predicted octanol–water partition coefficient (Wildman–Crippen LogP) is 2.40. The van der Waals surface area contributed by atoms with Crippen LogP contribution in [0.1, 0.15) is 24.8 Å². The molecule has 0 saturated carbocycles. The van der Waals surface area contributed by atoms with Crippen LogP contribution in [0.2, 0.25) is 0 Å². The highest BCUT2D eigenvalue weighted by atomic mass is 79.9. The molecule has 20 heavy (non-hydrogen) atoms. The van der Waals surface area contributed by atoms with E-state index in [1.807, 2.05) is 6.20 Å². The normalized spacial score (nSPS) is 17.2. The minimum absolute atomic E-state index is 0.808. The van der Waals surface area contributed by atoms with Crippen LogP contribution >= 0.6 is 15.9 Å². The van der Waals surface area contributed by atoms with Crippen molar-refractivity contribution in [3.8, 4) is 0 Å². The second kappa shape index (κ2) is 7.96. The van der Waals surface area contributed by atoms with Crippen LogP contribution in [0.3, 0.4) is 0 Å². The summed E-state index contributed by atoms with van der Waals surface area (Å²) in [6.45, 7) is 8.59. The van der Waals surface area contributed by atoms with E-state index in [0.717, 1.165) is 42.9 Å². The molecule has 2 N–H and O–H groups in total. The van der Waals surface area contributed by atoms with Gasteiger partial charge in [0.1, 0.15) is 5.82 Å². The van der Waals surface area contributed by atoms with Crippen molar-refractivity contribution in [3.63, 3.8) is 0 Å². The second-order valence-corrected chi connectivity index (χ2v) is 6.32. The quantitative estimate of drug-likeness (QED) is 0.836. The molecule has 0 unspecified atom stereocenters. The molecule has 0 aliphatic carbocycles. The lowest BCUT2D eigenvalue weighted by molar-refractivity contribution is 0.288. The molecule has 1 aliphatic heterocycles. The summed E-state index contributed by atoms with van der Waals surface area (Å²) in [5, 5.41) is 0. The average Bonchev–Trinajstić information content (AvgIpc) is 2.68. The number of hydrogen-bond donors (Lipinski definition) is 1. The van der Waals surface area contributed by atoms with Gasteiger partial charge in [-0.2, -0.15) is 0 Å². The second-order valence-electron chi connectivity index (χ2n) is 5.47. The van der Waals surface area contributed by atoms with Crippen molar-refractivity contribution in [2.75, 3.05) is 44.2 Å². The van der Waals surface area contributed by atoms with Crippen molar-refractivity contribution >= 4 is 21.7 Å². The third-order valence-corrected chi connectivity index (χ3v) is 4.70. The van der Waals surface area contributed by atoms with E-state index < -0.39 is 0 Å². The number of aryl methyl sites for hydroxylation is 1. The maximum Gasteiger partial charge on any atom is 0.128 e. The standard InChI is InChI=1S/C15H25BrN4/c1-13-11-15(18-12-14(13)16)20-8-4-7-19(9-10-20)6-3-2-5-17/h11-12H,2-10,17H2,1H3. The van der Waals surface area contributed by atoms with Crippen molar-refractivity contribution in [3.05, 3.63) is 22.3 Å². The van der Waals surface area contributed by atoms with Crippen LogP contribution in [0.4, 0.5) is 5.82 Å². The molecule has 5 heteroatoms. The minimum Gasteiger partial charge on any atom is -0.355 e. The first-order valence-electron chi connectivity index (χ1n) is 7.50. The Kier molecular flexibility index (Phi) is 6.26. The summed E-state index contributed by atoms with van der Waals surface area (Å²) in [4.78, 5) is 9.51. The molecule has 1 aliphatic rings. The number of pyridine rings is 1. The SMILES string of the molecule is Cc1cc(N2CCCN(CCCCN)CC2)ncc1Br. The zero-order valence-electron chi connectivity index (χ0n) is 12.3. The Labute approximate surface area is 130 Å². The van der Waals surface area contributed by atoms with Gasteiger partial charge in [-0.15, -0.1) is 0 Å². The molecule has 0 atom stereocenters. The Hall–Kier alpha value is -0.650. The Bertz CT molecular complexity index is 424. The van der Waals surface area contributed by atoms with Crippen molar-refractivity contribution in [1.29, 1.82) is 0 Å².